The van der Waals surface area contributed by atoms with E-state index in [2.05, 4.69) is 11.4 Å². The molecule has 6 nitrogen and oxygen atoms in total. The van der Waals surface area contributed by atoms with E-state index in [-0.39, 0.29) is 17.6 Å². The van der Waals surface area contributed by atoms with Crippen molar-refractivity contribution in [3.05, 3.63) is 70.9 Å². The smallest absolute Gasteiger partial charge is 0.226 e. The lowest BCUT2D eigenvalue weighted by Gasteiger charge is -2.32. The molecular weight excluding hydrogens is 352 g/mol. The molecular formula is C22H20N4O2. The monoisotopic (exact) mass is 372 g/mol. The third kappa shape index (κ3) is 2.69. The molecule has 2 aromatic carbocycles. The summed E-state index contributed by atoms with van der Waals surface area (Å²) in [6, 6.07) is 14.7. The second kappa shape index (κ2) is 6.34. The quantitative estimate of drug-likeness (QED) is 0.711. The Balaban J connectivity index is 1.68. The molecule has 2 heterocycles. The number of aromatic hydroxyl groups is 1. The molecule has 1 aliphatic heterocycles. The van der Waals surface area contributed by atoms with E-state index >= 15 is 0 Å². The van der Waals surface area contributed by atoms with Crippen LogP contribution in [0, 0.1) is 6.92 Å². The minimum Gasteiger partial charge on any atom is -0.508 e. The van der Waals surface area contributed by atoms with Gasteiger partial charge in [-0.05, 0) is 43.5 Å². The first-order valence-corrected chi connectivity index (χ1v) is 9.46. The highest BCUT2D eigenvalue weighted by Gasteiger charge is 2.36. The van der Waals surface area contributed by atoms with Gasteiger partial charge in [-0.25, -0.2) is 4.68 Å². The second-order valence-corrected chi connectivity index (χ2v) is 7.36. The molecule has 0 radical (unpaired) electrons. The number of allylic oxidation sites excluding steroid dienone is 2. The van der Waals surface area contributed by atoms with Gasteiger partial charge in [0, 0.05) is 23.3 Å². The fraction of sp³-hybridized carbons (Fsp3) is 0.227. The van der Waals surface area contributed by atoms with Crippen molar-refractivity contribution < 1.29 is 9.90 Å². The van der Waals surface area contributed by atoms with Crippen molar-refractivity contribution in [2.75, 3.05) is 5.32 Å². The average molecular weight is 372 g/mol. The van der Waals surface area contributed by atoms with Gasteiger partial charge >= 0.3 is 0 Å². The normalized spacial score (nSPS) is 18.5. The minimum atomic E-state index is -0.342. The van der Waals surface area contributed by atoms with Gasteiger partial charge in [0.2, 0.25) is 5.95 Å². The number of hydrogen-bond acceptors (Lipinski definition) is 5. The molecule has 140 valence electrons. The van der Waals surface area contributed by atoms with Gasteiger partial charge in [-0.3, -0.25) is 4.79 Å². The predicted molar refractivity (Wildman–Crippen MR) is 106 cm³/mol. The third-order valence-electron chi connectivity index (χ3n) is 5.35. The maximum absolute atomic E-state index is 12.8. The number of fused-ring (bicyclic) bond motifs is 1. The summed E-state index contributed by atoms with van der Waals surface area (Å²) in [4.78, 5) is 17.5. The summed E-state index contributed by atoms with van der Waals surface area (Å²) in [7, 11) is 0. The third-order valence-corrected chi connectivity index (χ3v) is 5.35. The number of rotatable bonds is 2. The number of Topliss-reactive ketones (excluding diaryl/α,β-unsaturated/α-hetero) is 1. The van der Waals surface area contributed by atoms with Gasteiger partial charge in [-0.15, -0.1) is 5.10 Å². The van der Waals surface area contributed by atoms with Gasteiger partial charge in [-0.1, -0.05) is 35.9 Å². The van der Waals surface area contributed by atoms with Crippen LogP contribution in [-0.2, 0) is 4.79 Å². The van der Waals surface area contributed by atoms with Crippen LogP contribution in [0.3, 0.4) is 0 Å². The highest BCUT2D eigenvalue weighted by Crippen LogP contribution is 2.40. The van der Waals surface area contributed by atoms with Crippen molar-refractivity contribution in [3.63, 3.8) is 0 Å². The number of anilines is 1. The van der Waals surface area contributed by atoms with Crippen LogP contribution in [-0.4, -0.2) is 25.7 Å². The molecule has 6 heteroatoms. The number of aromatic nitrogens is 3. The summed E-state index contributed by atoms with van der Waals surface area (Å²) in [6.45, 7) is 2.04. The largest absolute Gasteiger partial charge is 0.508 e. The topological polar surface area (TPSA) is 80.0 Å². The van der Waals surface area contributed by atoms with Gasteiger partial charge < -0.3 is 10.4 Å². The Morgan fingerprint density at radius 2 is 1.96 bits per heavy atom. The van der Waals surface area contributed by atoms with E-state index in [1.54, 1.807) is 16.8 Å². The highest BCUT2D eigenvalue weighted by atomic mass is 16.3. The first kappa shape index (κ1) is 16.7. The molecule has 0 saturated carbocycles. The molecule has 0 amide bonds. The van der Waals surface area contributed by atoms with Gasteiger partial charge in [0.1, 0.15) is 11.8 Å². The Labute approximate surface area is 162 Å². The van der Waals surface area contributed by atoms with E-state index in [0.717, 1.165) is 40.8 Å². The average Bonchev–Trinajstić information content (AvgIpc) is 3.11. The molecule has 2 N–H and O–H groups in total. The summed E-state index contributed by atoms with van der Waals surface area (Å²) in [5.74, 6) is 1.61. The first-order valence-electron chi connectivity index (χ1n) is 9.46. The van der Waals surface area contributed by atoms with Crippen LogP contribution in [0.2, 0.25) is 0 Å². The zero-order valence-electron chi connectivity index (χ0n) is 15.5. The lowest BCUT2D eigenvalue weighted by atomic mass is 9.85. The second-order valence-electron chi connectivity index (χ2n) is 7.36. The van der Waals surface area contributed by atoms with Crippen molar-refractivity contribution in [1.82, 2.24) is 14.8 Å². The highest BCUT2D eigenvalue weighted by molar-refractivity contribution is 5.99. The zero-order valence-corrected chi connectivity index (χ0v) is 15.5. The summed E-state index contributed by atoms with van der Waals surface area (Å²) in [5, 5.41) is 17.8. The molecule has 0 bridgehead atoms. The van der Waals surface area contributed by atoms with E-state index < -0.39 is 0 Å². The fourth-order valence-electron chi connectivity index (χ4n) is 4.03. The standard InChI is InChI=1S/C22H20N4O2/c1-13-4-2-5-15(12-13)21-24-22-23-17-6-3-7-18(28)19(17)20(26(22)25-21)14-8-10-16(27)11-9-14/h2,4-5,8-12,20,27H,3,6-7H2,1H3,(H,23,24,25)/t20-/m0/s1. The molecule has 5 rings (SSSR count). The van der Waals surface area contributed by atoms with Gasteiger partial charge in [0.05, 0.1) is 0 Å². The summed E-state index contributed by atoms with van der Waals surface area (Å²) >= 11 is 0. The van der Waals surface area contributed by atoms with Crippen LogP contribution in [0.4, 0.5) is 5.95 Å². The van der Waals surface area contributed by atoms with Crippen LogP contribution in [0.15, 0.2) is 59.8 Å². The Hall–Kier alpha value is -3.41. The fourth-order valence-corrected chi connectivity index (χ4v) is 4.03. The van der Waals surface area contributed by atoms with E-state index in [1.807, 2.05) is 37.3 Å². The molecule has 1 aliphatic carbocycles. The molecule has 0 saturated heterocycles. The van der Waals surface area contributed by atoms with E-state index in [1.165, 1.54) is 0 Å². The number of benzene rings is 2. The number of hydrogen-bond donors (Lipinski definition) is 2. The molecule has 0 unspecified atom stereocenters. The Morgan fingerprint density at radius 1 is 1.14 bits per heavy atom. The summed E-state index contributed by atoms with van der Waals surface area (Å²) < 4.78 is 1.80. The van der Waals surface area contributed by atoms with Crippen LogP contribution in [0.25, 0.3) is 11.4 Å². The van der Waals surface area contributed by atoms with E-state index in [0.29, 0.717) is 18.2 Å². The van der Waals surface area contributed by atoms with Crippen LogP contribution in [0.1, 0.15) is 36.4 Å². The van der Waals surface area contributed by atoms with E-state index in [9.17, 15) is 9.90 Å². The number of carbonyl (C=O) groups is 1. The van der Waals surface area contributed by atoms with Crippen LogP contribution < -0.4 is 5.32 Å². The Kier molecular flexibility index (Phi) is 3.79. The molecule has 1 atom stereocenters. The molecule has 3 aromatic rings. The molecule has 0 spiro atoms. The number of nitrogens with one attached hydrogen (secondary N) is 1. The van der Waals surface area contributed by atoms with Crippen LogP contribution >= 0.6 is 0 Å². The van der Waals surface area contributed by atoms with Crippen molar-refractivity contribution in [2.24, 2.45) is 0 Å². The number of aryl methyl sites for hydroxylation is 1. The van der Waals surface area contributed by atoms with Crippen molar-refractivity contribution >= 4 is 11.7 Å². The van der Waals surface area contributed by atoms with E-state index in [4.69, 9.17) is 10.1 Å². The maximum atomic E-state index is 12.8. The molecule has 28 heavy (non-hydrogen) atoms. The number of phenolic OH excluding ortho intramolecular Hbond substituents is 1. The molecule has 2 aliphatic rings. The zero-order chi connectivity index (χ0) is 19.3. The maximum Gasteiger partial charge on any atom is 0.226 e. The van der Waals surface area contributed by atoms with Gasteiger partial charge in [-0.2, -0.15) is 4.98 Å². The van der Waals surface area contributed by atoms with Crippen molar-refractivity contribution in [2.45, 2.75) is 32.2 Å². The number of nitrogens with zero attached hydrogens (tertiary/aromatic N) is 3. The molecule has 0 fully saturated rings. The van der Waals surface area contributed by atoms with Gasteiger partial charge in [0.25, 0.3) is 0 Å². The van der Waals surface area contributed by atoms with Gasteiger partial charge in [0.15, 0.2) is 11.6 Å². The Morgan fingerprint density at radius 3 is 2.75 bits per heavy atom. The van der Waals surface area contributed by atoms with Crippen LogP contribution in [0.5, 0.6) is 5.75 Å². The predicted octanol–water partition coefficient (Wildman–Crippen LogP) is 3.98. The first-order chi connectivity index (χ1) is 13.6. The number of ketones is 1. The van der Waals surface area contributed by atoms with Crippen molar-refractivity contribution in [1.29, 1.82) is 0 Å². The summed E-state index contributed by atoms with van der Waals surface area (Å²) in [5.41, 5.74) is 4.68. The lowest BCUT2D eigenvalue weighted by molar-refractivity contribution is -0.116. The molecule has 1 aromatic heterocycles. The minimum absolute atomic E-state index is 0.144. The lowest BCUT2D eigenvalue weighted by Crippen LogP contribution is -2.31. The SMILES string of the molecule is Cc1cccc(-c2nc3n(n2)[C@@H](c2ccc(O)cc2)C2=C(CCCC2=O)N3)c1. The Bertz CT molecular complexity index is 1110. The van der Waals surface area contributed by atoms with Crippen molar-refractivity contribution in [3.8, 4) is 17.1 Å². The number of carbonyl (C=O) groups excluding carboxylic acids is 1. The number of phenols is 1. The summed E-state index contributed by atoms with van der Waals surface area (Å²) in [6.07, 6.45) is 2.21.